The normalized spacial score (nSPS) is 32.9. The fourth-order valence-corrected chi connectivity index (χ4v) is 1.68. The monoisotopic (exact) mass is 228 g/mol. The molecule has 1 aliphatic heterocycles. The molecule has 0 aliphatic carbocycles. The molecular formula is C11H21BO4. The molecule has 0 amide bonds. The third-order valence-corrected chi connectivity index (χ3v) is 3.22. The molecule has 1 rings (SSSR count). The van der Waals surface area contributed by atoms with E-state index in [1.807, 2.05) is 20.8 Å². The molecule has 1 aliphatic rings. The summed E-state index contributed by atoms with van der Waals surface area (Å²) in [6, 6.07) is -0.437. The van der Waals surface area contributed by atoms with Gasteiger partial charge in [-0.2, -0.15) is 0 Å². The molecule has 16 heavy (non-hydrogen) atoms. The van der Waals surface area contributed by atoms with Crippen molar-refractivity contribution < 1.29 is 18.9 Å². The van der Waals surface area contributed by atoms with Crippen molar-refractivity contribution >= 4 is 7.85 Å². The minimum absolute atomic E-state index is 0.0298. The molecule has 2 unspecified atom stereocenters. The van der Waals surface area contributed by atoms with Crippen LogP contribution in [0.2, 0.25) is 0 Å². The molecule has 4 nitrogen and oxygen atoms in total. The first-order valence-electron chi connectivity index (χ1n) is 5.53. The fraction of sp³-hybridized carbons (Fsp3) is 1.00. The van der Waals surface area contributed by atoms with Gasteiger partial charge >= 0.3 is 0 Å². The lowest BCUT2D eigenvalue weighted by atomic mass is 9.92. The number of ether oxygens (including phenoxy) is 4. The Kier molecular flexibility index (Phi) is 4.80. The van der Waals surface area contributed by atoms with Crippen LogP contribution in [0, 0.1) is 0 Å². The van der Waals surface area contributed by atoms with Crippen molar-refractivity contribution in [2.75, 3.05) is 20.8 Å². The molecule has 0 saturated carbocycles. The maximum Gasteiger partial charge on any atom is 0.112 e. The predicted octanol–water partition coefficient (Wildman–Crippen LogP) is 0.725. The highest BCUT2D eigenvalue weighted by atomic mass is 16.6. The first kappa shape index (κ1) is 14.0. The Morgan fingerprint density at radius 2 is 2.00 bits per heavy atom. The highest BCUT2D eigenvalue weighted by Crippen LogP contribution is 2.26. The van der Waals surface area contributed by atoms with Gasteiger partial charge < -0.3 is 18.9 Å². The highest BCUT2D eigenvalue weighted by molar-refractivity contribution is 6.11. The second kappa shape index (κ2) is 5.49. The highest BCUT2D eigenvalue weighted by Gasteiger charge is 2.40. The molecule has 0 aromatic rings. The molecule has 2 radical (unpaired) electrons. The minimum atomic E-state index is -0.437. The van der Waals surface area contributed by atoms with E-state index in [-0.39, 0.29) is 18.3 Å². The SMILES string of the molecule is [B][C@@H]1OC[C@H](OC)C1OC(C)(C)C(C)OC. The van der Waals surface area contributed by atoms with Gasteiger partial charge in [0.2, 0.25) is 0 Å². The molecule has 92 valence electrons. The lowest BCUT2D eigenvalue weighted by Gasteiger charge is -2.36. The Bertz CT molecular complexity index is 222. The van der Waals surface area contributed by atoms with Gasteiger partial charge in [0.05, 0.1) is 18.3 Å². The summed E-state index contributed by atoms with van der Waals surface area (Å²) >= 11 is 0. The van der Waals surface area contributed by atoms with Crippen LogP contribution in [0.25, 0.3) is 0 Å². The van der Waals surface area contributed by atoms with Crippen LogP contribution in [-0.2, 0) is 18.9 Å². The van der Waals surface area contributed by atoms with Crippen LogP contribution in [0.15, 0.2) is 0 Å². The third-order valence-electron chi connectivity index (χ3n) is 3.22. The van der Waals surface area contributed by atoms with E-state index in [2.05, 4.69) is 0 Å². The summed E-state index contributed by atoms with van der Waals surface area (Å²) in [5, 5.41) is 0. The number of methoxy groups -OCH3 is 2. The van der Waals surface area contributed by atoms with E-state index in [4.69, 9.17) is 26.8 Å². The van der Waals surface area contributed by atoms with Gasteiger partial charge in [-0.25, -0.2) is 0 Å². The number of rotatable bonds is 5. The van der Waals surface area contributed by atoms with Crippen molar-refractivity contribution in [3.05, 3.63) is 0 Å². The maximum atomic E-state index is 5.97. The van der Waals surface area contributed by atoms with Gasteiger partial charge in [-0.05, 0) is 20.8 Å². The number of hydrogen-bond donors (Lipinski definition) is 0. The van der Waals surface area contributed by atoms with E-state index in [0.717, 1.165) is 0 Å². The van der Waals surface area contributed by atoms with Crippen molar-refractivity contribution in [3.63, 3.8) is 0 Å². The molecule has 0 aromatic carbocycles. The zero-order valence-corrected chi connectivity index (χ0v) is 10.7. The van der Waals surface area contributed by atoms with Crippen molar-refractivity contribution in [1.82, 2.24) is 0 Å². The molecule has 1 saturated heterocycles. The van der Waals surface area contributed by atoms with Crippen LogP contribution < -0.4 is 0 Å². The van der Waals surface area contributed by atoms with Crippen molar-refractivity contribution in [2.24, 2.45) is 0 Å². The van der Waals surface area contributed by atoms with E-state index in [9.17, 15) is 0 Å². The van der Waals surface area contributed by atoms with E-state index in [0.29, 0.717) is 6.61 Å². The Balaban J connectivity index is 2.64. The second-order valence-electron chi connectivity index (χ2n) is 4.64. The van der Waals surface area contributed by atoms with Gasteiger partial charge in [0.15, 0.2) is 0 Å². The Hall–Kier alpha value is -0.0951. The van der Waals surface area contributed by atoms with Crippen LogP contribution in [0.4, 0.5) is 0 Å². The molecule has 0 bridgehead atoms. The Morgan fingerprint density at radius 3 is 2.50 bits per heavy atom. The summed E-state index contributed by atoms with van der Waals surface area (Å²) < 4.78 is 21.8. The lowest BCUT2D eigenvalue weighted by Crippen LogP contribution is -2.47. The molecular weight excluding hydrogens is 207 g/mol. The molecule has 4 atom stereocenters. The standard InChI is InChI=1S/C11H21BO4/c1-7(13-4)11(2,3)16-9-8(14-5)6-15-10(9)12/h7-10H,6H2,1-5H3/t7?,8-,9?,10+/m0/s1. The van der Waals surface area contributed by atoms with Crippen molar-refractivity contribution in [2.45, 2.75) is 50.7 Å². The maximum absolute atomic E-state index is 5.97. The lowest BCUT2D eigenvalue weighted by molar-refractivity contribution is -0.163. The first-order valence-corrected chi connectivity index (χ1v) is 5.53. The summed E-state index contributed by atoms with van der Waals surface area (Å²) in [4.78, 5) is 0. The molecule has 0 N–H and O–H groups in total. The van der Waals surface area contributed by atoms with Gasteiger partial charge in [0, 0.05) is 20.2 Å². The van der Waals surface area contributed by atoms with Gasteiger partial charge in [0.1, 0.15) is 20.1 Å². The largest absolute Gasteiger partial charge is 0.382 e. The van der Waals surface area contributed by atoms with Gasteiger partial charge in [-0.15, -0.1) is 0 Å². The average molecular weight is 228 g/mol. The van der Waals surface area contributed by atoms with Crippen molar-refractivity contribution in [1.29, 1.82) is 0 Å². The zero-order valence-electron chi connectivity index (χ0n) is 10.7. The molecule has 0 spiro atoms. The van der Waals surface area contributed by atoms with Crippen LogP contribution in [0.3, 0.4) is 0 Å². The topological polar surface area (TPSA) is 36.9 Å². The van der Waals surface area contributed by atoms with Gasteiger partial charge in [-0.3, -0.25) is 0 Å². The Labute approximate surface area is 99.0 Å². The minimum Gasteiger partial charge on any atom is -0.382 e. The van der Waals surface area contributed by atoms with Gasteiger partial charge in [-0.1, -0.05) is 0 Å². The van der Waals surface area contributed by atoms with Crippen LogP contribution in [-0.4, -0.2) is 58.6 Å². The zero-order chi connectivity index (χ0) is 12.3. The van der Waals surface area contributed by atoms with E-state index >= 15 is 0 Å². The van der Waals surface area contributed by atoms with Crippen LogP contribution in [0.1, 0.15) is 20.8 Å². The van der Waals surface area contributed by atoms with E-state index < -0.39 is 11.6 Å². The smallest absolute Gasteiger partial charge is 0.112 e. The second-order valence-corrected chi connectivity index (χ2v) is 4.64. The summed E-state index contributed by atoms with van der Waals surface area (Å²) in [6.45, 7) is 6.38. The summed E-state index contributed by atoms with van der Waals surface area (Å²) in [6.07, 6.45) is -0.395. The predicted molar refractivity (Wildman–Crippen MR) is 61.7 cm³/mol. The van der Waals surface area contributed by atoms with Crippen LogP contribution >= 0.6 is 0 Å². The molecule has 1 fully saturated rings. The Morgan fingerprint density at radius 1 is 1.38 bits per heavy atom. The van der Waals surface area contributed by atoms with E-state index in [1.54, 1.807) is 14.2 Å². The van der Waals surface area contributed by atoms with Crippen molar-refractivity contribution in [3.8, 4) is 0 Å². The molecule has 5 heteroatoms. The summed E-state index contributed by atoms with van der Waals surface area (Å²) in [7, 11) is 9.12. The van der Waals surface area contributed by atoms with Gasteiger partial charge in [0.25, 0.3) is 0 Å². The summed E-state index contributed by atoms with van der Waals surface area (Å²) in [5.41, 5.74) is -0.429. The first-order chi connectivity index (χ1) is 7.42. The fourth-order valence-electron chi connectivity index (χ4n) is 1.68. The van der Waals surface area contributed by atoms with Crippen LogP contribution in [0.5, 0.6) is 0 Å². The molecule has 1 heterocycles. The third kappa shape index (κ3) is 2.97. The number of hydrogen-bond acceptors (Lipinski definition) is 4. The summed E-state index contributed by atoms with van der Waals surface area (Å²) in [5.74, 6) is 0. The quantitative estimate of drug-likeness (QED) is 0.650. The van der Waals surface area contributed by atoms with E-state index in [1.165, 1.54) is 0 Å². The molecule has 0 aromatic heterocycles. The average Bonchev–Trinajstić information content (AvgIpc) is 2.58.